The van der Waals surface area contributed by atoms with Gasteiger partial charge in [-0.1, -0.05) is 18.2 Å². The van der Waals surface area contributed by atoms with Crippen LogP contribution in [0.25, 0.3) is 0 Å². The number of anilines is 1. The molecular formula is C14H15N3O2. The number of ether oxygens (including phenoxy) is 1. The fourth-order valence-corrected chi connectivity index (χ4v) is 2.17. The van der Waals surface area contributed by atoms with E-state index in [9.17, 15) is 4.79 Å². The summed E-state index contributed by atoms with van der Waals surface area (Å²) in [6.07, 6.45) is 2.51. The van der Waals surface area contributed by atoms with Crippen LogP contribution in [0.15, 0.2) is 36.5 Å². The molecule has 5 heteroatoms. The number of fused-ring (bicyclic) bond motifs is 1. The van der Waals surface area contributed by atoms with Gasteiger partial charge in [0.25, 0.3) is 5.91 Å². The Bertz CT molecular complexity index is 592. The van der Waals surface area contributed by atoms with E-state index in [1.807, 2.05) is 30.3 Å². The molecule has 0 radical (unpaired) electrons. The van der Waals surface area contributed by atoms with E-state index in [-0.39, 0.29) is 5.91 Å². The van der Waals surface area contributed by atoms with Gasteiger partial charge in [0.15, 0.2) is 0 Å². The van der Waals surface area contributed by atoms with Crippen molar-refractivity contribution in [3.8, 4) is 5.88 Å². The van der Waals surface area contributed by atoms with Crippen molar-refractivity contribution in [3.05, 3.63) is 42.1 Å². The van der Waals surface area contributed by atoms with Gasteiger partial charge < -0.3 is 9.64 Å². The minimum Gasteiger partial charge on any atom is -0.477 e. The van der Waals surface area contributed by atoms with Crippen molar-refractivity contribution in [1.82, 2.24) is 9.78 Å². The van der Waals surface area contributed by atoms with Gasteiger partial charge in [0.2, 0.25) is 5.88 Å². The summed E-state index contributed by atoms with van der Waals surface area (Å²) in [7, 11) is 1.75. The number of aromatic nitrogens is 2. The molecule has 2 heterocycles. The van der Waals surface area contributed by atoms with Crippen LogP contribution in [-0.4, -0.2) is 29.3 Å². The van der Waals surface area contributed by atoms with Crippen molar-refractivity contribution in [2.75, 3.05) is 18.6 Å². The number of benzene rings is 1. The molecule has 0 unspecified atom stereocenters. The predicted octanol–water partition coefficient (Wildman–Crippen LogP) is 1.94. The fourth-order valence-electron chi connectivity index (χ4n) is 2.17. The van der Waals surface area contributed by atoms with Crippen molar-refractivity contribution >= 4 is 11.6 Å². The second kappa shape index (κ2) is 4.76. The third-order valence-corrected chi connectivity index (χ3v) is 3.22. The van der Waals surface area contributed by atoms with Gasteiger partial charge in [-0.2, -0.15) is 5.10 Å². The lowest BCUT2D eigenvalue weighted by atomic mass is 10.2. The first-order valence-electron chi connectivity index (χ1n) is 6.29. The van der Waals surface area contributed by atoms with Gasteiger partial charge in [-0.25, -0.2) is 4.68 Å². The van der Waals surface area contributed by atoms with Crippen molar-refractivity contribution in [2.24, 2.45) is 0 Å². The maximum absolute atomic E-state index is 12.5. The van der Waals surface area contributed by atoms with E-state index in [0.29, 0.717) is 18.1 Å². The monoisotopic (exact) mass is 257 g/mol. The van der Waals surface area contributed by atoms with E-state index in [1.54, 1.807) is 22.8 Å². The second-order valence-corrected chi connectivity index (χ2v) is 4.49. The smallest absolute Gasteiger partial charge is 0.265 e. The van der Waals surface area contributed by atoms with Crippen LogP contribution in [0, 0.1) is 0 Å². The van der Waals surface area contributed by atoms with E-state index in [1.165, 1.54) is 0 Å². The SMILES string of the molecule is CN(C(=O)c1cnn2c1OCCC2)c1ccccc1. The van der Waals surface area contributed by atoms with Crippen LogP contribution in [0.1, 0.15) is 16.8 Å². The molecule has 2 aromatic rings. The molecule has 1 amide bonds. The Morgan fingerprint density at radius 2 is 2.16 bits per heavy atom. The van der Waals surface area contributed by atoms with Gasteiger partial charge in [-0.3, -0.25) is 4.79 Å². The number of para-hydroxylation sites is 1. The van der Waals surface area contributed by atoms with Crippen LogP contribution in [-0.2, 0) is 6.54 Å². The first kappa shape index (κ1) is 11.8. The molecular weight excluding hydrogens is 242 g/mol. The van der Waals surface area contributed by atoms with E-state index < -0.39 is 0 Å². The zero-order valence-electron chi connectivity index (χ0n) is 10.7. The van der Waals surface area contributed by atoms with Crippen LogP contribution in [0.3, 0.4) is 0 Å². The summed E-state index contributed by atoms with van der Waals surface area (Å²) in [4.78, 5) is 14.1. The maximum atomic E-state index is 12.5. The molecule has 1 aromatic carbocycles. The quantitative estimate of drug-likeness (QED) is 0.826. The summed E-state index contributed by atoms with van der Waals surface area (Å²) in [5.74, 6) is 0.480. The van der Waals surface area contributed by atoms with Gasteiger partial charge in [-0.15, -0.1) is 0 Å². The Kier molecular flexibility index (Phi) is 2.95. The van der Waals surface area contributed by atoms with Crippen molar-refractivity contribution in [3.63, 3.8) is 0 Å². The Morgan fingerprint density at radius 3 is 2.95 bits per heavy atom. The Labute approximate surface area is 111 Å². The third-order valence-electron chi connectivity index (χ3n) is 3.22. The lowest BCUT2D eigenvalue weighted by Gasteiger charge is -2.19. The molecule has 0 saturated heterocycles. The van der Waals surface area contributed by atoms with Crippen LogP contribution >= 0.6 is 0 Å². The van der Waals surface area contributed by atoms with Gasteiger partial charge in [-0.05, 0) is 12.1 Å². The number of amides is 1. The third kappa shape index (κ3) is 2.07. The number of hydrogen-bond acceptors (Lipinski definition) is 3. The van der Waals surface area contributed by atoms with Gasteiger partial charge >= 0.3 is 0 Å². The molecule has 3 rings (SSSR count). The largest absolute Gasteiger partial charge is 0.477 e. The van der Waals surface area contributed by atoms with Crippen molar-refractivity contribution < 1.29 is 9.53 Å². The maximum Gasteiger partial charge on any atom is 0.265 e. The fraction of sp³-hybridized carbons (Fsp3) is 0.286. The highest BCUT2D eigenvalue weighted by Gasteiger charge is 2.24. The summed E-state index contributed by atoms with van der Waals surface area (Å²) in [6.45, 7) is 1.44. The number of nitrogens with zero attached hydrogens (tertiary/aromatic N) is 3. The molecule has 19 heavy (non-hydrogen) atoms. The first-order valence-corrected chi connectivity index (χ1v) is 6.29. The second-order valence-electron chi connectivity index (χ2n) is 4.49. The number of rotatable bonds is 2. The average molecular weight is 257 g/mol. The topological polar surface area (TPSA) is 47.4 Å². The minimum atomic E-state index is -0.102. The summed E-state index contributed by atoms with van der Waals surface area (Å²) < 4.78 is 7.30. The molecule has 1 aliphatic rings. The van der Waals surface area contributed by atoms with Gasteiger partial charge in [0.1, 0.15) is 5.56 Å². The first-order chi connectivity index (χ1) is 9.27. The standard InChI is InChI=1S/C14H15N3O2/c1-16(11-6-3-2-4-7-11)13(18)12-10-15-17-8-5-9-19-14(12)17/h2-4,6-7,10H,5,8-9H2,1H3. The van der Waals surface area contributed by atoms with Gasteiger partial charge in [0.05, 0.1) is 12.8 Å². The zero-order chi connectivity index (χ0) is 13.2. The van der Waals surface area contributed by atoms with E-state index in [0.717, 1.165) is 18.7 Å². The number of aryl methyl sites for hydroxylation is 1. The summed E-state index contributed by atoms with van der Waals surface area (Å²) in [5.41, 5.74) is 1.37. The minimum absolute atomic E-state index is 0.102. The average Bonchev–Trinajstić information content (AvgIpc) is 2.90. The molecule has 1 aliphatic heterocycles. The summed E-state index contributed by atoms with van der Waals surface area (Å²) in [6, 6.07) is 9.53. The predicted molar refractivity (Wildman–Crippen MR) is 71.5 cm³/mol. The Hall–Kier alpha value is -2.30. The molecule has 0 bridgehead atoms. The number of carbonyl (C=O) groups excluding carboxylic acids is 1. The highest BCUT2D eigenvalue weighted by Crippen LogP contribution is 2.25. The molecule has 5 nitrogen and oxygen atoms in total. The molecule has 0 spiro atoms. The van der Waals surface area contributed by atoms with Crippen LogP contribution < -0.4 is 9.64 Å². The van der Waals surface area contributed by atoms with Crippen LogP contribution in [0.2, 0.25) is 0 Å². The van der Waals surface area contributed by atoms with Crippen LogP contribution in [0.5, 0.6) is 5.88 Å². The number of hydrogen-bond donors (Lipinski definition) is 0. The number of carbonyl (C=O) groups is 1. The summed E-state index contributed by atoms with van der Waals surface area (Å²) in [5, 5.41) is 4.20. The van der Waals surface area contributed by atoms with Crippen LogP contribution in [0.4, 0.5) is 5.69 Å². The molecule has 0 atom stereocenters. The Balaban J connectivity index is 1.90. The van der Waals surface area contributed by atoms with Crippen molar-refractivity contribution in [1.29, 1.82) is 0 Å². The molecule has 98 valence electrons. The van der Waals surface area contributed by atoms with E-state index in [4.69, 9.17) is 4.74 Å². The normalized spacial score (nSPS) is 13.5. The highest BCUT2D eigenvalue weighted by molar-refractivity contribution is 6.07. The van der Waals surface area contributed by atoms with Gasteiger partial charge in [0, 0.05) is 25.7 Å². The molecule has 0 N–H and O–H groups in total. The molecule has 0 saturated carbocycles. The Morgan fingerprint density at radius 1 is 1.37 bits per heavy atom. The molecule has 0 fully saturated rings. The molecule has 1 aromatic heterocycles. The lowest BCUT2D eigenvalue weighted by Crippen LogP contribution is -2.27. The van der Waals surface area contributed by atoms with E-state index >= 15 is 0 Å². The van der Waals surface area contributed by atoms with E-state index in [2.05, 4.69) is 5.10 Å². The zero-order valence-corrected chi connectivity index (χ0v) is 10.7. The lowest BCUT2D eigenvalue weighted by molar-refractivity contribution is 0.0986. The van der Waals surface area contributed by atoms with Crippen molar-refractivity contribution in [2.45, 2.75) is 13.0 Å². The molecule has 0 aliphatic carbocycles. The summed E-state index contributed by atoms with van der Waals surface area (Å²) >= 11 is 0. The highest BCUT2D eigenvalue weighted by atomic mass is 16.5.